The van der Waals surface area contributed by atoms with Crippen LogP contribution in [0.3, 0.4) is 0 Å². The molecule has 10 heteroatoms. The minimum atomic E-state index is -0.864. The van der Waals surface area contributed by atoms with E-state index in [1.807, 2.05) is 13.1 Å². The Kier molecular flexibility index (Phi) is 6.66. The van der Waals surface area contributed by atoms with Gasteiger partial charge in [-0.15, -0.1) is 11.3 Å². The number of pyridine rings is 1. The Morgan fingerprint density at radius 1 is 1.30 bits per heavy atom. The van der Waals surface area contributed by atoms with Crippen LogP contribution in [0.25, 0.3) is 0 Å². The van der Waals surface area contributed by atoms with Gasteiger partial charge in [0.15, 0.2) is 5.13 Å². The number of carboxylic acid groups (broad SMARTS) is 1. The van der Waals surface area contributed by atoms with Gasteiger partial charge in [-0.25, -0.2) is 14.8 Å². The van der Waals surface area contributed by atoms with E-state index in [1.54, 1.807) is 11.3 Å². The maximum atomic E-state index is 11.3. The van der Waals surface area contributed by atoms with Crippen LogP contribution in [0.1, 0.15) is 23.3 Å². The molecule has 2 aliphatic heterocycles. The lowest BCUT2D eigenvalue weighted by Crippen LogP contribution is -2.44. The number of ether oxygens (including phenoxy) is 1. The lowest BCUT2D eigenvalue weighted by Gasteiger charge is -2.31. The van der Waals surface area contributed by atoms with Crippen LogP contribution in [-0.2, 0) is 11.3 Å². The average Bonchev–Trinajstić information content (AvgIpc) is 3.13. The Bertz CT molecular complexity index is 870. The van der Waals surface area contributed by atoms with Gasteiger partial charge in [-0.2, -0.15) is 0 Å². The number of nitrogens with zero attached hydrogens (tertiary/aromatic N) is 4. The minimum absolute atomic E-state index is 0.0518. The van der Waals surface area contributed by atoms with Gasteiger partial charge in [-0.1, -0.05) is 0 Å². The number of morpholine rings is 1. The molecule has 2 aromatic rings. The van der Waals surface area contributed by atoms with Crippen molar-refractivity contribution in [3.63, 3.8) is 0 Å². The maximum absolute atomic E-state index is 11.3. The van der Waals surface area contributed by atoms with Crippen molar-refractivity contribution in [2.45, 2.75) is 32.4 Å². The lowest BCUT2D eigenvalue weighted by molar-refractivity contribution is 0.0342. The lowest BCUT2D eigenvalue weighted by atomic mass is 10.1. The van der Waals surface area contributed by atoms with Crippen molar-refractivity contribution in [1.82, 2.24) is 19.8 Å². The van der Waals surface area contributed by atoms with Crippen molar-refractivity contribution >= 4 is 34.2 Å². The number of amides is 1. The summed E-state index contributed by atoms with van der Waals surface area (Å²) in [5, 5.41) is 16.9. The molecule has 0 unspecified atom stereocenters. The van der Waals surface area contributed by atoms with E-state index in [4.69, 9.17) is 9.72 Å². The smallest absolute Gasteiger partial charge is 0.407 e. The standard InChI is InChI=1S/C20H28N6O3S/c1-14-11-21-19(30-14)24-18-10-15(12-25-5-7-29-8-6-25)9-17(23-18)22-16-3-2-4-26(13-16)20(27)28/h9-11,16H,2-8,12-13H2,1H3,(H,27,28)(H2,21,22,23,24)/t16-/m0/s1. The predicted molar refractivity (Wildman–Crippen MR) is 117 cm³/mol. The molecule has 1 amide bonds. The fourth-order valence-electron chi connectivity index (χ4n) is 3.83. The zero-order chi connectivity index (χ0) is 20.9. The van der Waals surface area contributed by atoms with Crippen LogP contribution in [0.2, 0.25) is 0 Å². The third-order valence-corrected chi connectivity index (χ3v) is 6.12. The number of hydrogen-bond donors (Lipinski definition) is 3. The van der Waals surface area contributed by atoms with Crippen molar-refractivity contribution < 1.29 is 14.6 Å². The van der Waals surface area contributed by atoms with Gasteiger partial charge < -0.3 is 25.4 Å². The fourth-order valence-corrected chi connectivity index (χ4v) is 4.51. The van der Waals surface area contributed by atoms with E-state index in [1.165, 1.54) is 4.90 Å². The molecule has 0 spiro atoms. The van der Waals surface area contributed by atoms with Crippen LogP contribution < -0.4 is 10.6 Å². The topological polar surface area (TPSA) is 103 Å². The van der Waals surface area contributed by atoms with Gasteiger partial charge in [0, 0.05) is 49.8 Å². The van der Waals surface area contributed by atoms with E-state index in [9.17, 15) is 9.90 Å². The quantitative estimate of drug-likeness (QED) is 0.640. The largest absolute Gasteiger partial charge is 0.465 e. The van der Waals surface area contributed by atoms with E-state index in [0.717, 1.165) is 72.9 Å². The number of aryl methyl sites for hydroxylation is 1. The molecule has 2 aliphatic rings. The second kappa shape index (κ2) is 9.59. The first-order valence-corrected chi connectivity index (χ1v) is 11.1. The van der Waals surface area contributed by atoms with Gasteiger partial charge in [-0.05, 0) is 37.5 Å². The van der Waals surface area contributed by atoms with Crippen LogP contribution in [-0.4, -0.2) is 76.4 Å². The number of aromatic nitrogens is 2. The summed E-state index contributed by atoms with van der Waals surface area (Å²) in [7, 11) is 0. The molecule has 2 aromatic heterocycles. The first kappa shape index (κ1) is 20.8. The Morgan fingerprint density at radius 3 is 2.83 bits per heavy atom. The SMILES string of the molecule is Cc1cnc(Nc2cc(CN3CCOCC3)cc(N[C@H]3CCCN(C(=O)O)C3)n2)s1. The molecule has 1 atom stereocenters. The van der Waals surface area contributed by atoms with E-state index in [2.05, 4.69) is 32.7 Å². The number of carbonyl (C=O) groups is 1. The summed E-state index contributed by atoms with van der Waals surface area (Å²) in [6, 6.07) is 4.17. The van der Waals surface area contributed by atoms with Gasteiger partial charge in [0.1, 0.15) is 11.6 Å². The summed E-state index contributed by atoms with van der Waals surface area (Å²) < 4.78 is 5.46. The maximum Gasteiger partial charge on any atom is 0.407 e. The number of nitrogens with one attached hydrogen (secondary N) is 2. The van der Waals surface area contributed by atoms with Gasteiger partial charge >= 0.3 is 6.09 Å². The number of anilines is 3. The Balaban J connectivity index is 1.52. The molecule has 0 bridgehead atoms. The van der Waals surface area contributed by atoms with Crippen LogP contribution >= 0.6 is 11.3 Å². The molecule has 4 heterocycles. The van der Waals surface area contributed by atoms with Crippen molar-refractivity contribution in [1.29, 1.82) is 0 Å². The van der Waals surface area contributed by atoms with Gasteiger partial charge in [-0.3, -0.25) is 4.90 Å². The molecule has 2 saturated heterocycles. The number of hydrogen-bond acceptors (Lipinski definition) is 8. The summed E-state index contributed by atoms with van der Waals surface area (Å²) >= 11 is 1.59. The third kappa shape index (κ3) is 5.59. The van der Waals surface area contributed by atoms with Gasteiger partial charge in [0.25, 0.3) is 0 Å². The highest BCUT2D eigenvalue weighted by atomic mass is 32.1. The molecular formula is C20H28N6O3S. The van der Waals surface area contributed by atoms with Crippen LogP contribution in [0.15, 0.2) is 18.3 Å². The summed E-state index contributed by atoms with van der Waals surface area (Å²) in [6.07, 6.45) is 2.75. The Hall–Kier alpha value is -2.43. The zero-order valence-electron chi connectivity index (χ0n) is 17.1. The molecule has 0 aromatic carbocycles. The van der Waals surface area contributed by atoms with Gasteiger partial charge in [0.2, 0.25) is 0 Å². The molecule has 0 saturated carbocycles. The number of rotatable bonds is 6. The predicted octanol–water partition coefficient (Wildman–Crippen LogP) is 2.98. The number of likely N-dealkylation sites (tertiary alicyclic amines) is 1. The summed E-state index contributed by atoms with van der Waals surface area (Å²) in [5.74, 6) is 1.50. The molecule has 162 valence electrons. The Morgan fingerprint density at radius 2 is 2.10 bits per heavy atom. The summed E-state index contributed by atoms with van der Waals surface area (Å²) in [5.41, 5.74) is 1.15. The van der Waals surface area contributed by atoms with Crippen LogP contribution in [0.4, 0.5) is 21.6 Å². The van der Waals surface area contributed by atoms with Crippen LogP contribution in [0.5, 0.6) is 0 Å². The zero-order valence-corrected chi connectivity index (χ0v) is 18.0. The monoisotopic (exact) mass is 432 g/mol. The average molecular weight is 433 g/mol. The van der Waals surface area contributed by atoms with E-state index in [-0.39, 0.29) is 6.04 Å². The Labute approximate surface area is 180 Å². The minimum Gasteiger partial charge on any atom is -0.465 e. The second-order valence-corrected chi connectivity index (χ2v) is 8.98. The van der Waals surface area contributed by atoms with Crippen LogP contribution in [0, 0.1) is 6.92 Å². The van der Waals surface area contributed by atoms with E-state index < -0.39 is 6.09 Å². The van der Waals surface area contributed by atoms with Gasteiger partial charge in [0.05, 0.1) is 13.2 Å². The highest BCUT2D eigenvalue weighted by Gasteiger charge is 2.23. The second-order valence-electron chi connectivity index (χ2n) is 7.75. The molecule has 0 radical (unpaired) electrons. The van der Waals surface area contributed by atoms with E-state index in [0.29, 0.717) is 13.1 Å². The highest BCUT2D eigenvalue weighted by molar-refractivity contribution is 7.15. The molecular weight excluding hydrogens is 404 g/mol. The first-order valence-electron chi connectivity index (χ1n) is 10.3. The molecule has 2 fully saturated rings. The van der Waals surface area contributed by atoms with Crippen molar-refractivity contribution in [3.8, 4) is 0 Å². The van der Waals surface area contributed by atoms with E-state index >= 15 is 0 Å². The molecule has 0 aliphatic carbocycles. The summed E-state index contributed by atoms with van der Waals surface area (Å²) in [4.78, 5) is 25.4. The normalized spacial score (nSPS) is 20.2. The third-order valence-electron chi connectivity index (χ3n) is 5.30. The first-order chi connectivity index (χ1) is 14.5. The van der Waals surface area contributed by atoms with Crippen molar-refractivity contribution in [2.75, 3.05) is 50.0 Å². The highest BCUT2D eigenvalue weighted by Crippen LogP contribution is 2.25. The molecule has 3 N–H and O–H groups in total. The molecule has 4 rings (SSSR count). The fraction of sp³-hybridized carbons (Fsp3) is 0.550. The number of piperidine rings is 1. The van der Waals surface area contributed by atoms with Crippen molar-refractivity contribution in [3.05, 3.63) is 28.8 Å². The summed E-state index contributed by atoms with van der Waals surface area (Å²) in [6.45, 7) is 7.24. The number of thiazole rings is 1. The van der Waals surface area contributed by atoms with Crippen molar-refractivity contribution in [2.24, 2.45) is 0 Å². The molecule has 9 nitrogen and oxygen atoms in total. The molecule has 30 heavy (non-hydrogen) atoms.